The first-order chi connectivity index (χ1) is 12.6. The minimum absolute atomic E-state index is 0.00353. The number of anilines is 1. The van der Waals surface area contributed by atoms with Crippen LogP contribution in [0.3, 0.4) is 0 Å². The number of benzene rings is 2. The van der Waals surface area contributed by atoms with Crippen molar-refractivity contribution < 1.29 is 18.7 Å². The molecular formula is C18H17N3O4S. The highest BCUT2D eigenvalue weighted by atomic mass is 32.2. The zero-order valence-corrected chi connectivity index (χ0v) is 15.3. The summed E-state index contributed by atoms with van der Waals surface area (Å²) in [7, 11) is 3.11. The third-order valence-corrected chi connectivity index (χ3v) is 4.38. The summed E-state index contributed by atoms with van der Waals surface area (Å²) in [6.07, 6.45) is 1.97. The first kappa shape index (κ1) is 17.8. The van der Waals surface area contributed by atoms with E-state index in [9.17, 15) is 4.79 Å². The lowest BCUT2D eigenvalue weighted by molar-refractivity contribution is 0.102. The van der Waals surface area contributed by atoms with E-state index in [2.05, 4.69) is 15.5 Å². The number of hydrogen-bond acceptors (Lipinski definition) is 7. The third-order valence-electron chi connectivity index (χ3n) is 3.63. The Balaban J connectivity index is 1.80. The normalized spacial score (nSPS) is 10.4. The van der Waals surface area contributed by atoms with Crippen molar-refractivity contribution in [3.8, 4) is 23.0 Å². The van der Waals surface area contributed by atoms with Crippen molar-refractivity contribution in [3.05, 3.63) is 48.0 Å². The molecule has 0 aliphatic heterocycles. The second kappa shape index (κ2) is 7.92. The highest BCUT2D eigenvalue weighted by Gasteiger charge is 2.16. The van der Waals surface area contributed by atoms with Gasteiger partial charge in [-0.05, 0) is 48.7 Å². The summed E-state index contributed by atoms with van der Waals surface area (Å²) < 4.78 is 16.1. The summed E-state index contributed by atoms with van der Waals surface area (Å²) in [4.78, 5) is 13.4. The largest absolute Gasteiger partial charge is 0.497 e. The first-order valence-corrected chi connectivity index (χ1v) is 8.88. The lowest BCUT2D eigenvalue weighted by Crippen LogP contribution is -2.11. The monoisotopic (exact) mass is 371 g/mol. The molecule has 1 aromatic heterocycles. The van der Waals surface area contributed by atoms with Crippen LogP contribution in [0.15, 0.2) is 51.8 Å². The molecule has 0 aliphatic rings. The Labute approximate surface area is 154 Å². The van der Waals surface area contributed by atoms with Gasteiger partial charge in [0.25, 0.3) is 11.8 Å². The van der Waals surface area contributed by atoms with Gasteiger partial charge in [-0.2, -0.15) is 0 Å². The maximum Gasteiger partial charge on any atom is 0.322 e. The molecule has 0 atom stereocenters. The molecule has 1 N–H and O–H groups in total. The summed E-state index contributed by atoms with van der Waals surface area (Å²) in [5.74, 6) is 1.07. The molecule has 3 aromatic rings. The molecule has 3 rings (SSSR count). The Bertz CT molecular complexity index is 909. The van der Waals surface area contributed by atoms with Crippen LogP contribution in [0, 0.1) is 0 Å². The van der Waals surface area contributed by atoms with Crippen molar-refractivity contribution in [2.75, 3.05) is 25.8 Å². The van der Waals surface area contributed by atoms with Gasteiger partial charge in [-0.3, -0.25) is 10.1 Å². The molecule has 0 unspecified atom stereocenters. The van der Waals surface area contributed by atoms with Gasteiger partial charge >= 0.3 is 6.01 Å². The Kier molecular flexibility index (Phi) is 5.43. The van der Waals surface area contributed by atoms with Crippen molar-refractivity contribution >= 4 is 23.7 Å². The minimum atomic E-state index is -0.328. The van der Waals surface area contributed by atoms with Crippen molar-refractivity contribution in [2.24, 2.45) is 0 Å². The van der Waals surface area contributed by atoms with E-state index in [-0.39, 0.29) is 17.8 Å². The summed E-state index contributed by atoms with van der Waals surface area (Å²) in [5, 5.41) is 10.4. The topological polar surface area (TPSA) is 86.5 Å². The van der Waals surface area contributed by atoms with Crippen LogP contribution in [-0.2, 0) is 0 Å². The third kappa shape index (κ3) is 3.80. The lowest BCUT2D eigenvalue weighted by atomic mass is 10.2. The van der Waals surface area contributed by atoms with Crippen molar-refractivity contribution in [1.29, 1.82) is 0 Å². The van der Waals surface area contributed by atoms with Gasteiger partial charge in [0, 0.05) is 10.5 Å². The molecule has 0 radical (unpaired) electrons. The standard InChI is InChI=1S/C18H17N3O4S/c1-23-12-6-9-15(24-2)14(10-12)17-20-21-18(25-17)19-16(22)11-4-7-13(26-3)8-5-11/h4-10H,1-3H3,(H,19,21,22). The van der Waals surface area contributed by atoms with Crippen LogP contribution in [0.1, 0.15) is 10.4 Å². The zero-order valence-electron chi connectivity index (χ0n) is 14.5. The van der Waals surface area contributed by atoms with Crippen molar-refractivity contribution in [1.82, 2.24) is 10.2 Å². The molecule has 0 saturated heterocycles. The average molecular weight is 371 g/mol. The fraction of sp³-hybridized carbons (Fsp3) is 0.167. The van der Waals surface area contributed by atoms with Crippen molar-refractivity contribution in [3.63, 3.8) is 0 Å². The summed E-state index contributed by atoms with van der Waals surface area (Å²) >= 11 is 1.61. The fourth-order valence-electron chi connectivity index (χ4n) is 2.28. The Morgan fingerprint density at radius 1 is 1.08 bits per heavy atom. The number of methoxy groups -OCH3 is 2. The van der Waals surface area contributed by atoms with Gasteiger partial charge in [-0.15, -0.1) is 16.9 Å². The molecule has 1 amide bonds. The van der Waals surface area contributed by atoms with Gasteiger partial charge in [0.05, 0.1) is 19.8 Å². The van der Waals surface area contributed by atoms with Crippen LogP contribution in [0.5, 0.6) is 11.5 Å². The Morgan fingerprint density at radius 2 is 1.85 bits per heavy atom. The molecule has 7 nitrogen and oxygen atoms in total. The van der Waals surface area contributed by atoms with Crippen LogP contribution in [-0.4, -0.2) is 36.6 Å². The number of carbonyl (C=O) groups is 1. The predicted molar refractivity (Wildman–Crippen MR) is 99.0 cm³/mol. The quantitative estimate of drug-likeness (QED) is 0.661. The van der Waals surface area contributed by atoms with Crippen LogP contribution in [0.2, 0.25) is 0 Å². The van der Waals surface area contributed by atoms with Gasteiger partial charge < -0.3 is 13.9 Å². The molecule has 0 fully saturated rings. The van der Waals surface area contributed by atoms with Crippen LogP contribution < -0.4 is 14.8 Å². The predicted octanol–water partition coefficient (Wildman–Crippen LogP) is 3.73. The van der Waals surface area contributed by atoms with Gasteiger partial charge in [0.15, 0.2) is 0 Å². The van der Waals surface area contributed by atoms with E-state index in [0.717, 1.165) is 4.90 Å². The Morgan fingerprint density at radius 3 is 2.50 bits per heavy atom. The lowest BCUT2D eigenvalue weighted by Gasteiger charge is -2.07. The van der Waals surface area contributed by atoms with E-state index in [1.807, 2.05) is 18.4 Å². The minimum Gasteiger partial charge on any atom is -0.497 e. The van der Waals surface area contributed by atoms with E-state index in [4.69, 9.17) is 13.9 Å². The summed E-state index contributed by atoms with van der Waals surface area (Å²) in [6.45, 7) is 0. The molecule has 0 aliphatic carbocycles. The number of ether oxygens (including phenoxy) is 2. The van der Waals surface area contributed by atoms with E-state index in [0.29, 0.717) is 22.6 Å². The van der Waals surface area contributed by atoms with E-state index < -0.39 is 0 Å². The van der Waals surface area contributed by atoms with E-state index >= 15 is 0 Å². The van der Waals surface area contributed by atoms with Gasteiger partial charge in [0.1, 0.15) is 11.5 Å². The maximum atomic E-state index is 12.3. The zero-order chi connectivity index (χ0) is 18.5. The highest BCUT2D eigenvalue weighted by Crippen LogP contribution is 2.33. The molecule has 0 spiro atoms. The van der Waals surface area contributed by atoms with Crippen LogP contribution in [0.25, 0.3) is 11.5 Å². The highest BCUT2D eigenvalue weighted by molar-refractivity contribution is 7.98. The second-order valence-corrected chi connectivity index (χ2v) is 6.04. The summed E-state index contributed by atoms with van der Waals surface area (Å²) in [5.41, 5.74) is 1.07. The molecule has 26 heavy (non-hydrogen) atoms. The van der Waals surface area contributed by atoms with Crippen molar-refractivity contribution in [2.45, 2.75) is 4.90 Å². The maximum absolute atomic E-state index is 12.3. The molecule has 0 saturated carbocycles. The summed E-state index contributed by atoms with van der Waals surface area (Å²) in [6, 6.07) is 12.5. The number of aromatic nitrogens is 2. The smallest absolute Gasteiger partial charge is 0.322 e. The first-order valence-electron chi connectivity index (χ1n) is 7.66. The number of nitrogens with zero attached hydrogens (tertiary/aromatic N) is 2. The molecular weight excluding hydrogens is 354 g/mol. The number of amides is 1. The molecule has 134 valence electrons. The van der Waals surface area contributed by atoms with Gasteiger partial charge in [-0.25, -0.2) is 0 Å². The van der Waals surface area contributed by atoms with Crippen LogP contribution in [0.4, 0.5) is 6.01 Å². The average Bonchev–Trinajstić information content (AvgIpc) is 3.15. The van der Waals surface area contributed by atoms with Gasteiger partial charge in [0.2, 0.25) is 0 Å². The number of nitrogens with one attached hydrogen (secondary N) is 1. The molecule has 1 heterocycles. The van der Waals surface area contributed by atoms with E-state index in [1.54, 1.807) is 56.3 Å². The number of thioether (sulfide) groups is 1. The second-order valence-electron chi connectivity index (χ2n) is 5.16. The molecule has 8 heteroatoms. The number of carbonyl (C=O) groups excluding carboxylic acids is 1. The van der Waals surface area contributed by atoms with Gasteiger partial charge in [-0.1, -0.05) is 5.10 Å². The van der Waals surface area contributed by atoms with Crippen LogP contribution >= 0.6 is 11.8 Å². The Hall–Kier alpha value is -3.00. The number of hydrogen-bond donors (Lipinski definition) is 1. The fourth-order valence-corrected chi connectivity index (χ4v) is 2.68. The van der Waals surface area contributed by atoms with E-state index in [1.165, 1.54) is 0 Å². The molecule has 2 aromatic carbocycles. The molecule has 0 bridgehead atoms. The number of rotatable bonds is 6. The SMILES string of the molecule is COc1ccc(OC)c(-c2nnc(NC(=O)c3ccc(SC)cc3)o2)c1.